The maximum Gasteiger partial charge on any atom is 0.254 e. The molecule has 27 heavy (non-hydrogen) atoms. The maximum absolute atomic E-state index is 13.1. The van der Waals surface area contributed by atoms with Crippen molar-refractivity contribution in [1.29, 1.82) is 0 Å². The van der Waals surface area contributed by atoms with Gasteiger partial charge >= 0.3 is 0 Å². The molecule has 0 saturated carbocycles. The van der Waals surface area contributed by atoms with Gasteiger partial charge in [-0.15, -0.1) is 0 Å². The molecule has 1 atom stereocenters. The fourth-order valence-electron chi connectivity index (χ4n) is 3.91. The fourth-order valence-corrected chi connectivity index (χ4v) is 3.91. The van der Waals surface area contributed by atoms with E-state index < -0.39 is 6.10 Å². The lowest BCUT2D eigenvalue weighted by molar-refractivity contribution is 0.0421. The van der Waals surface area contributed by atoms with Crippen LogP contribution in [0.1, 0.15) is 40.7 Å². The third-order valence-corrected chi connectivity index (χ3v) is 5.52. The average molecular weight is 364 g/mol. The van der Waals surface area contributed by atoms with Crippen LogP contribution in [0.15, 0.2) is 42.9 Å². The van der Waals surface area contributed by atoms with Gasteiger partial charge in [-0.2, -0.15) is 0 Å². The van der Waals surface area contributed by atoms with Gasteiger partial charge in [0, 0.05) is 44.1 Å². The second kappa shape index (κ2) is 7.12. The number of aromatic nitrogens is 3. The van der Waals surface area contributed by atoms with Crippen molar-refractivity contribution < 1.29 is 9.90 Å². The number of hydrogen-bond donors (Lipinski definition) is 1. The summed E-state index contributed by atoms with van der Waals surface area (Å²) in [5, 5.41) is 11.5. The molecule has 0 radical (unpaired) electrons. The standard InChI is InChI=1S/C21H24N4O2/c1-14-3-4-18-17(13-14)16(5-8-22-18)21(27)25-10-6-15(7-11-25)19(26)20-23-9-12-24(20)2/h3-5,8-9,12-13,15,19,26H,6-7,10-11H2,1-2H3/t19-/m0/s1. The number of likely N-dealkylation sites (tertiary alicyclic amines) is 1. The highest BCUT2D eigenvalue weighted by atomic mass is 16.3. The molecule has 140 valence electrons. The van der Waals surface area contributed by atoms with Crippen LogP contribution in [0.2, 0.25) is 0 Å². The van der Waals surface area contributed by atoms with E-state index in [2.05, 4.69) is 9.97 Å². The van der Waals surface area contributed by atoms with E-state index in [0.717, 1.165) is 29.3 Å². The first kappa shape index (κ1) is 17.7. The number of aryl methyl sites for hydroxylation is 2. The zero-order chi connectivity index (χ0) is 19.0. The molecule has 3 heterocycles. The van der Waals surface area contributed by atoms with Crippen LogP contribution in [0, 0.1) is 12.8 Å². The van der Waals surface area contributed by atoms with Gasteiger partial charge in [-0.05, 0) is 43.9 Å². The summed E-state index contributed by atoms with van der Waals surface area (Å²) in [6.45, 7) is 3.30. The Hall–Kier alpha value is -2.73. The van der Waals surface area contributed by atoms with E-state index >= 15 is 0 Å². The van der Waals surface area contributed by atoms with Crippen LogP contribution in [0.3, 0.4) is 0 Å². The van der Waals surface area contributed by atoms with Crippen LogP contribution in [0.25, 0.3) is 10.9 Å². The molecule has 6 nitrogen and oxygen atoms in total. The van der Waals surface area contributed by atoms with Crippen LogP contribution in [0.5, 0.6) is 0 Å². The summed E-state index contributed by atoms with van der Waals surface area (Å²) < 4.78 is 1.85. The van der Waals surface area contributed by atoms with Crippen molar-refractivity contribution in [3.8, 4) is 0 Å². The summed E-state index contributed by atoms with van der Waals surface area (Å²) in [6.07, 6.45) is 6.18. The molecule has 1 N–H and O–H groups in total. The minimum absolute atomic E-state index is 0.0398. The third kappa shape index (κ3) is 3.32. The Balaban J connectivity index is 1.49. The third-order valence-electron chi connectivity index (χ3n) is 5.52. The number of piperidine rings is 1. The van der Waals surface area contributed by atoms with E-state index in [4.69, 9.17) is 0 Å². The number of imidazole rings is 1. The van der Waals surface area contributed by atoms with E-state index in [-0.39, 0.29) is 11.8 Å². The van der Waals surface area contributed by atoms with E-state index in [9.17, 15) is 9.90 Å². The van der Waals surface area contributed by atoms with Crippen LogP contribution in [0.4, 0.5) is 0 Å². The summed E-state index contributed by atoms with van der Waals surface area (Å²) in [5.74, 6) is 0.847. The first-order valence-electron chi connectivity index (χ1n) is 9.34. The summed E-state index contributed by atoms with van der Waals surface area (Å²) in [6, 6.07) is 7.79. The molecule has 0 bridgehead atoms. The van der Waals surface area contributed by atoms with Crippen molar-refractivity contribution in [3.05, 3.63) is 59.8 Å². The molecule has 0 unspecified atom stereocenters. The number of aliphatic hydroxyl groups excluding tert-OH is 1. The van der Waals surface area contributed by atoms with Crippen molar-refractivity contribution in [2.24, 2.45) is 13.0 Å². The van der Waals surface area contributed by atoms with Crippen molar-refractivity contribution in [2.45, 2.75) is 25.9 Å². The normalized spacial score (nSPS) is 16.6. The first-order valence-corrected chi connectivity index (χ1v) is 9.34. The van der Waals surface area contributed by atoms with E-state index in [1.54, 1.807) is 18.5 Å². The Labute approximate surface area is 158 Å². The van der Waals surface area contributed by atoms with Gasteiger partial charge in [0.05, 0.1) is 11.1 Å². The van der Waals surface area contributed by atoms with Gasteiger partial charge < -0.3 is 14.6 Å². The van der Waals surface area contributed by atoms with E-state index in [1.165, 1.54) is 0 Å². The first-order chi connectivity index (χ1) is 13.0. The zero-order valence-electron chi connectivity index (χ0n) is 15.7. The second-order valence-electron chi connectivity index (χ2n) is 7.35. The molecule has 4 rings (SSSR count). The summed E-state index contributed by atoms with van der Waals surface area (Å²) in [4.78, 5) is 23.6. The molecule has 1 saturated heterocycles. The van der Waals surface area contributed by atoms with Crippen molar-refractivity contribution >= 4 is 16.8 Å². The molecule has 0 spiro atoms. The molecule has 3 aromatic rings. The number of rotatable bonds is 3. The van der Waals surface area contributed by atoms with Crippen LogP contribution < -0.4 is 0 Å². The number of hydrogen-bond acceptors (Lipinski definition) is 4. The molecule has 1 aliphatic rings. The Bertz CT molecular complexity index is 973. The molecular weight excluding hydrogens is 340 g/mol. The Morgan fingerprint density at radius 1 is 1.19 bits per heavy atom. The Morgan fingerprint density at radius 2 is 1.96 bits per heavy atom. The number of amides is 1. The number of carbonyl (C=O) groups is 1. The lowest BCUT2D eigenvalue weighted by Gasteiger charge is -2.34. The number of benzene rings is 1. The largest absolute Gasteiger partial charge is 0.385 e. The van der Waals surface area contributed by atoms with E-state index in [0.29, 0.717) is 24.5 Å². The number of aliphatic hydroxyl groups is 1. The highest BCUT2D eigenvalue weighted by molar-refractivity contribution is 6.06. The van der Waals surface area contributed by atoms with Gasteiger partial charge in [-0.25, -0.2) is 4.98 Å². The van der Waals surface area contributed by atoms with E-state index in [1.807, 2.05) is 47.8 Å². The topological polar surface area (TPSA) is 71.2 Å². The molecule has 1 amide bonds. The van der Waals surface area contributed by atoms with Gasteiger partial charge in [0.15, 0.2) is 0 Å². The molecule has 1 fully saturated rings. The van der Waals surface area contributed by atoms with Gasteiger partial charge in [0.2, 0.25) is 0 Å². The monoisotopic (exact) mass is 364 g/mol. The number of pyridine rings is 1. The lowest BCUT2D eigenvalue weighted by Crippen LogP contribution is -2.40. The summed E-state index contributed by atoms with van der Waals surface area (Å²) in [7, 11) is 1.89. The van der Waals surface area contributed by atoms with Crippen LogP contribution >= 0.6 is 0 Å². The molecule has 1 aliphatic heterocycles. The highest BCUT2D eigenvalue weighted by Crippen LogP contribution is 2.31. The molecule has 0 aliphatic carbocycles. The van der Waals surface area contributed by atoms with Gasteiger partial charge in [-0.1, -0.05) is 11.6 Å². The Morgan fingerprint density at radius 3 is 2.67 bits per heavy atom. The predicted octanol–water partition coefficient (Wildman–Crippen LogP) is 2.86. The second-order valence-corrected chi connectivity index (χ2v) is 7.35. The van der Waals surface area contributed by atoms with Crippen molar-refractivity contribution in [2.75, 3.05) is 13.1 Å². The van der Waals surface area contributed by atoms with Gasteiger partial charge in [0.1, 0.15) is 11.9 Å². The van der Waals surface area contributed by atoms with Crippen LogP contribution in [-0.4, -0.2) is 43.5 Å². The maximum atomic E-state index is 13.1. The molecule has 6 heteroatoms. The predicted molar refractivity (Wildman–Crippen MR) is 103 cm³/mol. The average Bonchev–Trinajstić information content (AvgIpc) is 3.12. The van der Waals surface area contributed by atoms with Gasteiger partial charge in [-0.3, -0.25) is 9.78 Å². The minimum atomic E-state index is -0.591. The van der Waals surface area contributed by atoms with Crippen molar-refractivity contribution in [1.82, 2.24) is 19.4 Å². The zero-order valence-corrected chi connectivity index (χ0v) is 15.7. The minimum Gasteiger partial charge on any atom is -0.385 e. The lowest BCUT2D eigenvalue weighted by atomic mass is 9.90. The molecule has 2 aromatic heterocycles. The number of nitrogens with zero attached hydrogens (tertiary/aromatic N) is 4. The summed E-state index contributed by atoms with van der Waals surface area (Å²) >= 11 is 0. The highest BCUT2D eigenvalue weighted by Gasteiger charge is 2.30. The molecular formula is C21H24N4O2. The number of fused-ring (bicyclic) bond motifs is 1. The molecule has 1 aromatic carbocycles. The van der Waals surface area contributed by atoms with Crippen molar-refractivity contribution in [3.63, 3.8) is 0 Å². The fraction of sp³-hybridized carbons (Fsp3) is 0.381. The smallest absolute Gasteiger partial charge is 0.254 e. The quantitative estimate of drug-likeness (QED) is 0.776. The SMILES string of the molecule is Cc1ccc2nccc(C(=O)N3CCC([C@H](O)c4nccn4C)CC3)c2c1. The number of carbonyl (C=O) groups excluding carboxylic acids is 1. The van der Waals surface area contributed by atoms with Gasteiger partial charge in [0.25, 0.3) is 5.91 Å². The Kier molecular flexibility index (Phi) is 4.66. The summed E-state index contributed by atoms with van der Waals surface area (Å²) in [5.41, 5.74) is 2.65. The van der Waals surface area contributed by atoms with Crippen LogP contribution in [-0.2, 0) is 7.05 Å².